The van der Waals surface area contributed by atoms with E-state index in [9.17, 15) is 0 Å². The van der Waals surface area contributed by atoms with Crippen molar-refractivity contribution < 1.29 is 0 Å². The third kappa shape index (κ3) is 2.42. The monoisotopic (exact) mass is 247 g/mol. The second-order valence-electron chi connectivity index (χ2n) is 5.16. The molecule has 1 saturated carbocycles. The van der Waals surface area contributed by atoms with Crippen molar-refractivity contribution in [3.63, 3.8) is 0 Å². The Balaban J connectivity index is 1.65. The van der Waals surface area contributed by atoms with Gasteiger partial charge in [0.1, 0.15) is 0 Å². The highest BCUT2D eigenvalue weighted by Gasteiger charge is 2.36. The van der Waals surface area contributed by atoms with Gasteiger partial charge in [-0.15, -0.1) is 11.3 Å². The molecule has 1 aliphatic carbocycles. The number of nitrogens with zero attached hydrogens (tertiary/aromatic N) is 1. The van der Waals surface area contributed by atoms with E-state index in [1.54, 1.807) is 11.3 Å². The number of hydrogen-bond donors (Lipinski definition) is 2. The smallest absolute Gasteiger partial charge is 0.0794 e. The standard InChI is InChI=1S/C13H17N3S/c1-13(4-5-13)9-14-7-10-8-15-16-12(10)11-3-2-6-17-11/h2-3,6,8,14H,4-5,7,9H2,1H3,(H,15,16). The molecule has 0 aliphatic heterocycles. The fourth-order valence-electron chi connectivity index (χ4n) is 1.97. The zero-order chi connectivity index (χ0) is 11.7. The van der Waals surface area contributed by atoms with E-state index in [0.717, 1.165) is 18.8 Å². The maximum absolute atomic E-state index is 4.15. The number of thiophene rings is 1. The second kappa shape index (κ2) is 4.27. The van der Waals surface area contributed by atoms with Crippen LogP contribution in [-0.4, -0.2) is 16.7 Å². The summed E-state index contributed by atoms with van der Waals surface area (Å²) >= 11 is 1.75. The van der Waals surface area contributed by atoms with Gasteiger partial charge in [0.25, 0.3) is 0 Å². The molecule has 0 radical (unpaired) electrons. The molecule has 1 fully saturated rings. The van der Waals surface area contributed by atoms with Crippen molar-refractivity contribution in [1.29, 1.82) is 0 Å². The first-order valence-corrected chi connectivity index (χ1v) is 6.92. The van der Waals surface area contributed by atoms with E-state index in [-0.39, 0.29) is 0 Å². The minimum Gasteiger partial charge on any atom is -0.312 e. The van der Waals surface area contributed by atoms with Gasteiger partial charge in [-0.2, -0.15) is 5.10 Å². The Morgan fingerprint density at radius 3 is 3.12 bits per heavy atom. The van der Waals surface area contributed by atoms with Crippen molar-refractivity contribution >= 4 is 11.3 Å². The summed E-state index contributed by atoms with van der Waals surface area (Å²) in [5.41, 5.74) is 2.98. The van der Waals surface area contributed by atoms with Gasteiger partial charge < -0.3 is 5.32 Å². The molecule has 0 atom stereocenters. The van der Waals surface area contributed by atoms with Crippen molar-refractivity contribution in [1.82, 2.24) is 15.5 Å². The Kier molecular flexibility index (Phi) is 2.76. The Bertz CT molecular complexity index is 482. The zero-order valence-electron chi connectivity index (χ0n) is 9.99. The van der Waals surface area contributed by atoms with E-state index in [1.165, 1.54) is 23.3 Å². The van der Waals surface area contributed by atoms with Gasteiger partial charge in [-0.1, -0.05) is 13.0 Å². The summed E-state index contributed by atoms with van der Waals surface area (Å²) in [7, 11) is 0. The molecule has 3 rings (SSSR count). The van der Waals surface area contributed by atoms with E-state index in [2.05, 4.69) is 40.0 Å². The fourth-order valence-corrected chi connectivity index (χ4v) is 2.72. The fraction of sp³-hybridized carbons (Fsp3) is 0.462. The lowest BCUT2D eigenvalue weighted by Gasteiger charge is -2.09. The topological polar surface area (TPSA) is 40.7 Å². The molecule has 0 unspecified atom stereocenters. The van der Waals surface area contributed by atoms with Crippen LogP contribution in [0.25, 0.3) is 10.6 Å². The van der Waals surface area contributed by atoms with E-state index in [0.29, 0.717) is 5.41 Å². The van der Waals surface area contributed by atoms with Crippen LogP contribution < -0.4 is 5.32 Å². The molecule has 2 aromatic rings. The average molecular weight is 247 g/mol. The van der Waals surface area contributed by atoms with Gasteiger partial charge in [0, 0.05) is 18.7 Å². The Labute approximate surface area is 105 Å². The highest BCUT2D eigenvalue weighted by molar-refractivity contribution is 7.13. The van der Waals surface area contributed by atoms with Crippen LogP contribution in [0.3, 0.4) is 0 Å². The van der Waals surface area contributed by atoms with E-state index in [1.807, 2.05) is 6.20 Å². The van der Waals surface area contributed by atoms with Crippen molar-refractivity contribution in [2.75, 3.05) is 6.54 Å². The van der Waals surface area contributed by atoms with E-state index in [4.69, 9.17) is 0 Å². The molecule has 4 heteroatoms. The van der Waals surface area contributed by atoms with Crippen LogP contribution in [0, 0.1) is 5.41 Å². The summed E-state index contributed by atoms with van der Waals surface area (Å²) in [6.45, 7) is 4.36. The van der Waals surface area contributed by atoms with Gasteiger partial charge in [0.05, 0.1) is 16.8 Å². The molecule has 0 spiro atoms. The third-order valence-corrected chi connectivity index (χ3v) is 4.34. The predicted octanol–water partition coefficient (Wildman–Crippen LogP) is 3.03. The van der Waals surface area contributed by atoms with Crippen molar-refractivity contribution in [3.8, 4) is 10.6 Å². The maximum atomic E-state index is 4.15. The Hall–Kier alpha value is -1.13. The summed E-state index contributed by atoms with van der Waals surface area (Å²) in [5.74, 6) is 0. The van der Waals surface area contributed by atoms with Gasteiger partial charge >= 0.3 is 0 Å². The highest BCUT2D eigenvalue weighted by atomic mass is 32.1. The molecule has 1 aliphatic rings. The number of H-pyrrole nitrogens is 1. The number of hydrogen-bond acceptors (Lipinski definition) is 3. The number of nitrogens with one attached hydrogen (secondary N) is 2. The quantitative estimate of drug-likeness (QED) is 0.852. The number of aromatic nitrogens is 2. The molecule has 3 nitrogen and oxygen atoms in total. The minimum atomic E-state index is 0.562. The van der Waals surface area contributed by atoms with Crippen LogP contribution in [0.4, 0.5) is 0 Å². The molecular formula is C13H17N3S. The number of aromatic amines is 1. The summed E-state index contributed by atoms with van der Waals surface area (Å²) < 4.78 is 0. The van der Waals surface area contributed by atoms with Gasteiger partial charge in [-0.05, 0) is 29.7 Å². The molecular weight excluding hydrogens is 230 g/mol. The lowest BCUT2D eigenvalue weighted by molar-refractivity contribution is 0.500. The van der Waals surface area contributed by atoms with Crippen LogP contribution in [0.15, 0.2) is 23.7 Å². The van der Waals surface area contributed by atoms with Crippen LogP contribution in [0.5, 0.6) is 0 Å². The van der Waals surface area contributed by atoms with E-state index < -0.39 is 0 Å². The summed E-state index contributed by atoms with van der Waals surface area (Å²) in [4.78, 5) is 1.26. The molecule has 0 aromatic carbocycles. The molecule has 0 bridgehead atoms. The summed E-state index contributed by atoms with van der Waals surface area (Å²) in [6, 6.07) is 4.20. The number of rotatable bonds is 5. The van der Waals surface area contributed by atoms with Crippen LogP contribution in [0.2, 0.25) is 0 Å². The molecule has 0 amide bonds. The van der Waals surface area contributed by atoms with Crippen molar-refractivity contribution in [3.05, 3.63) is 29.3 Å². The van der Waals surface area contributed by atoms with Crippen LogP contribution in [0.1, 0.15) is 25.3 Å². The lowest BCUT2D eigenvalue weighted by Crippen LogP contribution is -2.21. The SMILES string of the molecule is CC1(CNCc2cn[nH]c2-c2cccs2)CC1. The molecule has 0 saturated heterocycles. The van der Waals surface area contributed by atoms with Gasteiger partial charge in [0.15, 0.2) is 0 Å². The molecule has 17 heavy (non-hydrogen) atoms. The van der Waals surface area contributed by atoms with Gasteiger partial charge in [-0.25, -0.2) is 0 Å². The van der Waals surface area contributed by atoms with Gasteiger partial charge in [0.2, 0.25) is 0 Å². The highest BCUT2D eigenvalue weighted by Crippen LogP contribution is 2.44. The second-order valence-corrected chi connectivity index (χ2v) is 6.11. The first-order chi connectivity index (χ1) is 8.27. The van der Waals surface area contributed by atoms with Gasteiger partial charge in [-0.3, -0.25) is 5.10 Å². The van der Waals surface area contributed by atoms with Crippen molar-refractivity contribution in [2.45, 2.75) is 26.3 Å². The molecule has 2 aromatic heterocycles. The van der Waals surface area contributed by atoms with Crippen LogP contribution in [-0.2, 0) is 6.54 Å². The summed E-state index contributed by atoms with van der Waals surface area (Å²) in [5, 5.41) is 12.9. The predicted molar refractivity (Wildman–Crippen MR) is 70.9 cm³/mol. The third-order valence-electron chi connectivity index (χ3n) is 3.46. The maximum Gasteiger partial charge on any atom is 0.0794 e. The molecule has 2 N–H and O–H groups in total. The largest absolute Gasteiger partial charge is 0.312 e. The van der Waals surface area contributed by atoms with Crippen LogP contribution >= 0.6 is 11.3 Å². The van der Waals surface area contributed by atoms with E-state index >= 15 is 0 Å². The normalized spacial score (nSPS) is 17.2. The lowest BCUT2D eigenvalue weighted by atomic mass is 10.1. The molecule has 90 valence electrons. The average Bonchev–Trinajstić information content (AvgIpc) is 2.77. The first kappa shape index (κ1) is 11.0. The zero-order valence-corrected chi connectivity index (χ0v) is 10.8. The minimum absolute atomic E-state index is 0.562. The van der Waals surface area contributed by atoms with Crippen molar-refractivity contribution in [2.24, 2.45) is 5.41 Å². The Morgan fingerprint density at radius 2 is 2.41 bits per heavy atom. The Morgan fingerprint density at radius 1 is 1.53 bits per heavy atom. The summed E-state index contributed by atoms with van der Waals surface area (Å²) in [6.07, 6.45) is 4.66. The first-order valence-electron chi connectivity index (χ1n) is 6.04. The molecule has 2 heterocycles.